The summed E-state index contributed by atoms with van der Waals surface area (Å²) in [5.74, 6) is 1.63. The fraction of sp³-hybridized carbons (Fsp3) is 1.00. The molecule has 1 saturated heterocycles. The van der Waals surface area contributed by atoms with Gasteiger partial charge in [0.2, 0.25) is 0 Å². The minimum absolute atomic E-state index is 0.768. The number of ether oxygens (including phenoxy) is 1. The first-order valence-corrected chi connectivity index (χ1v) is 5.07. The Labute approximate surface area is 75.7 Å². The summed E-state index contributed by atoms with van der Waals surface area (Å²) in [6.45, 7) is 8.76. The van der Waals surface area contributed by atoms with Crippen molar-refractivity contribution in [3.8, 4) is 0 Å². The van der Waals surface area contributed by atoms with Crippen LogP contribution in [0, 0.1) is 11.8 Å². The molecule has 0 aromatic rings. The van der Waals surface area contributed by atoms with E-state index in [0.29, 0.717) is 0 Å². The average molecular weight is 171 g/mol. The van der Waals surface area contributed by atoms with Crippen LogP contribution in [0.5, 0.6) is 0 Å². The molecule has 0 saturated carbocycles. The molecule has 1 N–H and O–H groups in total. The van der Waals surface area contributed by atoms with Gasteiger partial charge in [-0.05, 0) is 37.8 Å². The van der Waals surface area contributed by atoms with E-state index in [1.54, 1.807) is 0 Å². The molecule has 1 heterocycles. The van der Waals surface area contributed by atoms with E-state index in [1.165, 1.54) is 19.4 Å². The maximum absolute atomic E-state index is 5.30. The normalized spacial score (nSPS) is 20.2. The fourth-order valence-corrected chi connectivity index (χ4v) is 1.53. The summed E-state index contributed by atoms with van der Waals surface area (Å²) in [5, 5.41) is 3.50. The molecule has 1 fully saturated rings. The second kappa shape index (κ2) is 5.55. The molecular weight excluding hydrogens is 150 g/mol. The highest BCUT2D eigenvalue weighted by atomic mass is 16.5. The second-order valence-corrected chi connectivity index (χ2v) is 4.11. The first kappa shape index (κ1) is 10.0. The van der Waals surface area contributed by atoms with Crippen LogP contribution in [0.4, 0.5) is 0 Å². The Balaban J connectivity index is 1.98. The number of nitrogens with one attached hydrogen (secondary N) is 1. The van der Waals surface area contributed by atoms with Gasteiger partial charge in [0.05, 0.1) is 0 Å². The van der Waals surface area contributed by atoms with E-state index >= 15 is 0 Å². The summed E-state index contributed by atoms with van der Waals surface area (Å²) in [6, 6.07) is 0. The standard InChI is InChI=1S/C10H21NO/c1-9(2)7-11-8-10-3-5-12-6-4-10/h9-11H,3-8H2,1-2H3. The van der Waals surface area contributed by atoms with Crippen LogP contribution in [0.2, 0.25) is 0 Å². The molecule has 1 rings (SSSR count). The lowest BCUT2D eigenvalue weighted by atomic mass is 10.0. The third-order valence-corrected chi connectivity index (χ3v) is 2.33. The second-order valence-electron chi connectivity index (χ2n) is 4.11. The van der Waals surface area contributed by atoms with E-state index in [9.17, 15) is 0 Å². The van der Waals surface area contributed by atoms with Crippen LogP contribution in [-0.2, 0) is 4.74 Å². The maximum Gasteiger partial charge on any atom is 0.0469 e. The van der Waals surface area contributed by atoms with Crippen LogP contribution in [0.15, 0.2) is 0 Å². The number of hydrogen-bond acceptors (Lipinski definition) is 2. The summed E-state index contributed by atoms with van der Waals surface area (Å²) in [4.78, 5) is 0. The van der Waals surface area contributed by atoms with Crippen molar-refractivity contribution >= 4 is 0 Å². The lowest BCUT2D eigenvalue weighted by Crippen LogP contribution is -2.29. The van der Waals surface area contributed by atoms with Gasteiger partial charge in [-0.2, -0.15) is 0 Å². The van der Waals surface area contributed by atoms with Gasteiger partial charge in [-0.3, -0.25) is 0 Å². The van der Waals surface area contributed by atoms with Gasteiger partial charge in [0.25, 0.3) is 0 Å². The molecule has 72 valence electrons. The Hall–Kier alpha value is -0.0800. The molecule has 1 aliphatic rings. The molecule has 0 bridgehead atoms. The predicted molar refractivity (Wildman–Crippen MR) is 51.3 cm³/mol. The van der Waals surface area contributed by atoms with Crippen molar-refractivity contribution in [2.45, 2.75) is 26.7 Å². The highest BCUT2D eigenvalue weighted by molar-refractivity contribution is 4.66. The quantitative estimate of drug-likeness (QED) is 0.694. The van der Waals surface area contributed by atoms with E-state index in [-0.39, 0.29) is 0 Å². The van der Waals surface area contributed by atoms with Crippen molar-refractivity contribution in [3.63, 3.8) is 0 Å². The monoisotopic (exact) mass is 171 g/mol. The molecule has 0 atom stereocenters. The van der Waals surface area contributed by atoms with E-state index in [0.717, 1.165) is 31.6 Å². The maximum atomic E-state index is 5.30. The van der Waals surface area contributed by atoms with Gasteiger partial charge in [-0.25, -0.2) is 0 Å². The third kappa shape index (κ3) is 4.07. The number of hydrogen-bond donors (Lipinski definition) is 1. The fourth-order valence-electron chi connectivity index (χ4n) is 1.53. The predicted octanol–water partition coefficient (Wildman–Crippen LogP) is 1.66. The summed E-state index contributed by atoms with van der Waals surface area (Å²) in [5.41, 5.74) is 0. The highest BCUT2D eigenvalue weighted by Gasteiger charge is 2.12. The van der Waals surface area contributed by atoms with Crippen molar-refractivity contribution in [2.24, 2.45) is 11.8 Å². The topological polar surface area (TPSA) is 21.3 Å². The molecule has 0 spiro atoms. The largest absolute Gasteiger partial charge is 0.381 e. The Bertz CT molecular complexity index is 108. The van der Waals surface area contributed by atoms with Crippen LogP contribution < -0.4 is 5.32 Å². The van der Waals surface area contributed by atoms with Crippen LogP contribution in [-0.4, -0.2) is 26.3 Å². The summed E-state index contributed by atoms with van der Waals surface area (Å²) >= 11 is 0. The van der Waals surface area contributed by atoms with E-state index < -0.39 is 0 Å². The third-order valence-electron chi connectivity index (χ3n) is 2.33. The minimum atomic E-state index is 0.768. The van der Waals surface area contributed by atoms with Crippen LogP contribution in [0.25, 0.3) is 0 Å². The molecule has 0 aromatic carbocycles. The van der Waals surface area contributed by atoms with Gasteiger partial charge in [0.15, 0.2) is 0 Å². The average Bonchev–Trinajstić information content (AvgIpc) is 2.05. The highest BCUT2D eigenvalue weighted by Crippen LogP contribution is 2.13. The van der Waals surface area contributed by atoms with Crippen molar-refractivity contribution in [2.75, 3.05) is 26.3 Å². The molecule has 0 amide bonds. The molecule has 2 nitrogen and oxygen atoms in total. The van der Waals surface area contributed by atoms with Gasteiger partial charge in [0, 0.05) is 13.2 Å². The first-order valence-electron chi connectivity index (χ1n) is 5.07. The van der Waals surface area contributed by atoms with E-state index in [1.807, 2.05) is 0 Å². The molecule has 2 heteroatoms. The first-order chi connectivity index (χ1) is 5.79. The zero-order valence-corrected chi connectivity index (χ0v) is 8.31. The van der Waals surface area contributed by atoms with Crippen LogP contribution >= 0.6 is 0 Å². The molecule has 0 unspecified atom stereocenters. The lowest BCUT2D eigenvalue weighted by Gasteiger charge is -2.22. The van der Waals surface area contributed by atoms with Gasteiger partial charge >= 0.3 is 0 Å². The Morgan fingerprint density at radius 1 is 1.33 bits per heavy atom. The molecule has 0 aromatic heterocycles. The SMILES string of the molecule is CC(C)CNCC1CCOCC1. The summed E-state index contributed by atoms with van der Waals surface area (Å²) in [7, 11) is 0. The van der Waals surface area contributed by atoms with Gasteiger partial charge in [-0.15, -0.1) is 0 Å². The lowest BCUT2D eigenvalue weighted by molar-refractivity contribution is 0.0661. The molecule has 0 radical (unpaired) electrons. The summed E-state index contributed by atoms with van der Waals surface area (Å²) < 4.78 is 5.30. The number of rotatable bonds is 4. The summed E-state index contributed by atoms with van der Waals surface area (Å²) in [6.07, 6.45) is 2.48. The Kier molecular flexibility index (Phi) is 4.62. The van der Waals surface area contributed by atoms with Crippen molar-refractivity contribution in [3.05, 3.63) is 0 Å². The van der Waals surface area contributed by atoms with Crippen molar-refractivity contribution in [1.29, 1.82) is 0 Å². The zero-order valence-electron chi connectivity index (χ0n) is 8.31. The molecule has 12 heavy (non-hydrogen) atoms. The Morgan fingerprint density at radius 2 is 2.00 bits per heavy atom. The minimum Gasteiger partial charge on any atom is -0.381 e. The van der Waals surface area contributed by atoms with E-state index in [2.05, 4.69) is 19.2 Å². The van der Waals surface area contributed by atoms with E-state index in [4.69, 9.17) is 4.74 Å². The molecular formula is C10H21NO. The van der Waals surface area contributed by atoms with Gasteiger partial charge < -0.3 is 10.1 Å². The van der Waals surface area contributed by atoms with Crippen LogP contribution in [0.3, 0.4) is 0 Å². The van der Waals surface area contributed by atoms with Gasteiger partial charge in [0.1, 0.15) is 0 Å². The Morgan fingerprint density at radius 3 is 2.58 bits per heavy atom. The van der Waals surface area contributed by atoms with Gasteiger partial charge in [-0.1, -0.05) is 13.8 Å². The zero-order chi connectivity index (χ0) is 8.81. The van der Waals surface area contributed by atoms with Crippen molar-refractivity contribution < 1.29 is 4.74 Å². The smallest absolute Gasteiger partial charge is 0.0469 e. The molecule has 1 aliphatic heterocycles. The van der Waals surface area contributed by atoms with Crippen molar-refractivity contribution in [1.82, 2.24) is 5.32 Å². The van der Waals surface area contributed by atoms with Crippen LogP contribution in [0.1, 0.15) is 26.7 Å². The molecule has 0 aliphatic carbocycles.